The number of halogens is 1. The molecule has 2 atom stereocenters. The van der Waals surface area contributed by atoms with Crippen molar-refractivity contribution in [1.82, 2.24) is 19.4 Å². The summed E-state index contributed by atoms with van der Waals surface area (Å²) in [5.41, 5.74) is -2.40. The molecule has 1 N–H and O–H groups in total. The number of aromatic nitrogens is 3. The number of aliphatic carboxylic acids is 1. The van der Waals surface area contributed by atoms with Gasteiger partial charge in [0, 0.05) is 12.7 Å². The highest BCUT2D eigenvalue weighted by Crippen LogP contribution is 2.56. The molecule has 0 saturated heterocycles. The van der Waals surface area contributed by atoms with Crippen LogP contribution in [-0.4, -0.2) is 60.4 Å². The second-order valence-electron chi connectivity index (χ2n) is 10.9. The molecule has 0 radical (unpaired) electrons. The number of nitrogens with zero attached hydrogens (tertiary/aromatic N) is 4. The molecule has 2 amide bonds. The van der Waals surface area contributed by atoms with Crippen LogP contribution in [0.3, 0.4) is 0 Å². The summed E-state index contributed by atoms with van der Waals surface area (Å²) in [4.78, 5) is 46.7. The normalized spacial score (nSPS) is 19.5. The third kappa shape index (κ3) is 6.38. The van der Waals surface area contributed by atoms with Crippen LogP contribution in [0.1, 0.15) is 66.5 Å². The largest absolute Gasteiger partial charge is 0.481 e. The van der Waals surface area contributed by atoms with Crippen molar-refractivity contribution < 1.29 is 33.4 Å². The molecular formula is C25H33FN4O6. The van der Waals surface area contributed by atoms with E-state index in [1.165, 1.54) is 18.5 Å². The monoisotopic (exact) mass is 504 g/mol. The number of imide groups is 1. The van der Waals surface area contributed by atoms with Gasteiger partial charge in [0.1, 0.15) is 34.6 Å². The van der Waals surface area contributed by atoms with E-state index < -0.39 is 40.6 Å². The molecule has 10 nitrogen and oxygen atoms in total. The highest BCUT2D eigenvalue weighted by molar-refractivity contribution is 5.88. The first-order chi connectivity index (χ1) is 16.6. The molecule has 0 bridgehead atoms. The molecular weight excluding hydrogens is 471 g/mol. The van der Waals surface area contributed by atoms with Crippen LogP contribution in [0.15, 0.2) is 30.9 Å². The predicted molar refractivity (Wildman–Crippen MR) is 127 cm³/mol. The molecule has 2 heterocycles. The highest BCUT2D eigenvalue weighted by Gasteiger charge is 2.62. The zero-order valence-electron chi connectivity index (χ0n) is 21.4. The van der Waals surface area contributed by atoms with E-state index in [0.29, 0.717) is 30.8 Å². The lowest BCUT2D eigenvalue weighted by Crippen LogP contribution is -2.44. The van der Waals surface area contributed by atoms with E-state index in [0.717, 1.165) is 11.1 Å². The Balaban J connectivity index is 1.69. The van der Waals surface area contributed by atoms with Gasteiger partial charge < -0.3 is 14.6 Å². The Morgan fingerprint density at radius 2 is 1.72 bits per heavy atom. The minimum Gasteiger partial charge on any atom is -0.481 e. The molecule has 11 heteroatoms. The lowest BCUT2D eigenvalue weighted by molar-refractivity contribution is -0.140. The summed E-state index contributed by atoms with van der Waals surface area (Å²) in [5.74, 6) is -1.30. The number of carbonyl (C=O) groups is 3. The zero-order chi connectivity index (χ0) is 26.9. The van der Waals surface area contributed by atoms with Crippen LogP contribution in [0.25, 0.3) is 5.82 Å². The van der Waals surface area contributed by atoms with Crippen molar-refractivity contribution in [3.05, 3.63) is 42.4 Å². The predicted octanol–water partition coefficient (Wildman–Crippen LogP) is 4.70. The van der Waals surface area contributed by atoms with Crippen LogP contribution >= 0.6 is 0 Å². The molecule has 0 spiro atoms. The van der Waals surface area contributed by atoms with Gasteiger partial charge in [-0.1, -0.05) is 0 Å². The fourth-order valence-corrected chi connectivity index (χ4v) is 3.95. The number of amides is 2. The van der Waals surface area contributed by atoms with Gasteiger partial charge in [0.05, 0.1) is 11.9 Å². The Kier molecular flexibility index (Phi) is 7.42. The smallest absolute Gasteiger partial charge is 0.419 e. The molecule has 1 unspecified atom stereocenters. The Morgan fingerprint density at radius 1 is 1.11 bits per heavy atom. The third-order valence-corrected chi connectivity index (χ3v) is 5.66. The number of pyridine rings is 1. The van der Waals surface area contributed by atoms with Crippen molar-refractivity contribution >= 4 is 18.2 Å². The average molecular weight is 505 g/mol. The minimum atomic E-state index is -1.17. The van der Waals surface area contributed by atoms with Crippen molar-refractivity contribution in [3.63, 3.8) is 0 Å². The second-order valence-corrected chi connectivity index (χ2v) is 10.9. The molecule has 0 aliphatic heterocycles. The molecule has 1 saturated carbocycles. The first kappa shape index (κ1) is 27.1. The van der Waals surface area contributed by atoms with Crippen LogP contribution in [0, 0.1) is 11.7 Å². The third-order valence-electron chi connectivity index (χ3n) is 5.66. The topological polar surface area (TPSA) is 124 Å². The lowest BCUT2D eigenvalue weighted by Gasteiger charge is -2.28. The number of carbonyl (C=O) groups excluding carboxylic acids is 2. The van der Waals surface area contributed by atoms with E-state index in [-0.39, 0.29) is 12.5 Å². The molecule has 1 fully saturated rings. The van der Waals surface area contributed by atoms with Crippen LogP contribution < -0.4 is 0 Å². The maximum atomic E-state index is 13.2. The van der Waals surface area contributed by atoms with Gasteiger partial charge in [-0.2, -0.15) is 0 Å². The SMILES string of the molecule is CC(C)(C)OC(=O)N(CCC[C@H]1CC1(C(=O)O)c1cn(-c2ccc(F)cn2)cn1)C(=O)OC(C)(C)C. The van der Waals surface area contributed by atoms with Crippen molar-refractivity contribution in [2.45, 2.75) is 77.4 Å². The first-order valence-corrected chi connectivity index (χ1v) is 11.8. The van der Waals surface area contributed by atoms with Gasteiger partial charge in [0.2, 0.25) is 0 Å². The van der Waals surface area contributed by atoms with Crippen molar-refractivity contribution in [3.8, 4) is 5.82 Å². The van der Waals surface area contributed by atoms with Crippen molar-refractivity contribution in [2.75, 3.05) is 6.54 Å². The van der Waals surface area contributed by atoms with Gasteiger partial charge >= 0.3 is 18.2 Å². The molecule has 1 aliphatic carbocycles. The number of carboxylic acids is 1. The van der Waals surface area contributed by atoms with Gasteiger partial charge in [0.25, 0.3) is 0 Å². The maximum Gasteiger partial charge on any atom is 0.419 e. The number of ether oxygens (including phenoxy) is 2. The molecule has 196 valence electrons. The second kappa shape index (κ2) is 9.87. The van der Waals surface area contributed by atoms with E-state index in [4.69, 9.17) is 9.47 Å². The number of rotatable bonds is 7. The van der Waals surface area contributed by atoms with E-state index >= 15 is 0 Å². The first-order valence-electron chi connectivity index (χ1n) is 11.8. The minimum absolute atomic E-state index is 0.0178. The fourth-order valence-electron chi connectivity index (χ4n) is 3.95. The maximum absolute atomic E-state index is 13.2. The quantitative estimate of drug-likeness (QED) is 0.575. The molecule has 2 aromatic heterocycles. The Hall–Kier alpha value is -3.50. The van der Waals surface area contributed by atoms with Crippen molar-refractivity contribution in [2.24, 2.45) is 5.92 Å². The van der Waals surface area contributed by atoms with Crippen LogP contribution in [0.4, 0.5) is 14.0 Å². The van der Waals surface area contributed by atoms with Gasteiger partial charge in [-0.25, -0.2) is 28.8 Å². The fraction of sp³-hybridized carbons (Fsp3) is 0.560. The molecule has 3 rings (SSSR count). The molecule has 36 heavy (non-hydrogen) atoms. The molecule has 0 aromatic carbocycles. The van der Waals surface area contributed by atoms with E-state index in [9.17, 15) is 23.9 Å². The standard InChI is InChI=1S/C25H33FN4O6/c1-23(2,3)35-21(33)30(22(34)36-24(4,5)6)11-7-8-16-12-25(16,20(31)32)18-14-29(15-28-18)19-10-9-17(26)13-27-19/h9-10,13-16H,7-8,11-12H2,1-6H3,(H,31,32)/t16-,25?/m0/s1. The summed E-state index contributed by atoms with van der Waals surface area (Å²) in [6.45, 7) is 10.2. The molecule has 2 aromatic rings. The Bertz CT molecular complexity index is 1090. The van der Waals surface area contributed by atoms with Crippen LogP contribution in [-0.2, 0) is 19.7 Å². The summed E-state index contributed by atoms with van der Waals surface area (Å²) in [5, 5.41) is 10.0. The van der Waals surface area contributed by atoms with Gasteiger partial charge in [-0.3, -0.25) is 9.36 Å². The zero-order valence-corrected chi connectivity index (χ0v) is 21.4. The number of hydrogen-bond donors (Lipinski definition) is 1. The number of carboxylic acid groups (broad SMARTS) is 1. The Morgan fingerprint density at radius 3 is 2.22 bits per heavy atom. The summed E-state index contributed by atoms with van der Waals surface area (Å²) in [7, 11) is 0. The van der Waals surface area contributed by atoms with E-state index in [1.54, 1.807) is 52.3 Å². The number of imidazole rings is 1. The van der Waals surface area contributed by atoms with Gasteiger partial charge in [-0.15, -0.1) is 0 Å². The highest BCUT2D eigenvalue weighted by atomic mass is 19.1. The Labute approximate surface area is 209 Å². The lowest BCUT2D eigenvalue weighted by atomic mass is 9.97. The number of hydrogen-bond acceptors (Lipinski definition) is 7. The summed E-state index contributed by atoms with van der Waals surface area (Å²) in [6.07, 6.45) is 3.64. The van der Waals surface area contributed by atoms with E-state index in [2.05, 4.69) is 9.97 Å². The van der Waals surface area contributed by atoms with Gasteiger partial charge in [0.15, 0.2) is 0 Å². The van der Waals surface area contributed by atoms with E-state index in [1.807, 2.05) is 0 Å². The molecule has 1 aliphatic rings. The van der Waals surface area contributed by atoms with Crippen molar-refractivity contribution in [1.29, 1.82) is 0 Å². The summed E-state index contributed by atoms with van der Waals surface area (Å²) >= 11 is 0. The summed E-state index contributed by atoms with van der Waals surface area (Å²) in [6, 6.07) is 2.73. The average Bonchev–Trinajstić information content (AvgIpc) is 3.25. The summed E-state index contributed by atoms with van der Waals surface area (Å²) < 4.78 is 25.4. The van der Waals surface area contributed by atoms with Crippen LogP contribution in [0.5, 0.6) is 0 Å². The van der Waals surface area contributed by atoms with Crippen LogP contribution in [0.2, 0.25) is 0 Å². The van der Waals surface area contributed by atoms with Gasteiger partial charge in [-0.05, 0) is 78.9 Å².